The molecule has 7 heteroatoms. The molecule has 3 rings (SSSR count). The van der Waals surface area contributed by atoms with Crippen LogP contribution < -0.4 is 10.6 Å². The fourth-order valence-corrected chi connectivity index (χ4v) is 2.63. The Kier molecular flexibility index (Phi) is 4.55. The molecule has 22 heavy (non-hydrogen) atoms. The first-order valence-electron chi connectivity index (χ1n) is 7.06. The first-order valence-corrected chi connectivity index (χ1v) is 7.47. The molecule has 2 N–H and O–H groups in total. The molecule has 1 fully saturated rings. The minimum atomic E-state index is -0.320. The van der Waals surface area contributed by atoms with Crippen LogP contribution in [0.1, 0.15) is 0 Å². The third-order valence-corrected chi connectivity index (χ3v) is 3.83. The molecule has 114 valence electrons. The number of halogens is 1. The van der Waals surface area contributed by atoms with Crippen LogP contribution in [0.15, 0.2) is 36.8 Å². The highest BCUT2D eigenvalue weighted by Crippen LogP contribution is 2.27. The number of hydrogen-bond donors (Lipinski definition) is 2. The molecular formula is C15H16FN5S. The fraction of sp³-hybridized carbons (Fsp3) is 0.267. The second-order valence-electron chi connectivity index (χ2n) is 4.95. The van der Waals surface area contributed by atoms with Gasteiger partial charge < -0.3 is 15.5 Å². The van der Waals surface area contributed by atoms with Gasteiger partial charge in [-0.05, 0) is 30.4 Å². The molecule has 2 heterocycles. The van der Waals surface area contributed by atoms with Crippen molar-refractivity contribution < 1.29 is 4.39 Å². The molecule has 0 aliphatic carbocycles. The largest absolute Gasteiger partial charge is 0.346 e. The van der Waals surface area contributed by atoms with Crippen molar-refractivity contribution in [3.8, 4) is 11.3 Å². The van der Waals surface area contributed by atoms with Gasteiger partial charge in [0.1, 0.15) is 5.82 Å². The van der Waals surface area contributed by atoms with Gasteiger partial charge in [0.2, 0.25) is 0 Å². The second kappa shape index (κ2) is 6.76. The maximum absolute atomic E-state index is 13.6. The summed E-state index contributed by atoms with van der Waals surface area (Å²) in [5, 5.41) is 7.12. The minimum Gasteiger partial charge on any atom is -0.346 e. The highest BCUT2D eigenvalue weighted by molar-refractivity contribution is 7.80. The lowest BCUT2D eigenvalue weighted by atomic mass is 10.1. The number of rotatable bonds is 2. The average Bonchev–Trinajstić information content (AvgIpc) is 2.58. The predicted molar refractivity (Wildman–Crippen MR) is 88.1 cm³/mol. The van der Waals surface area contributed by atoms with E-state index in [9.17, 15) is 4.39 Å². The van der Waals surface area contributed by atoms with Crippen molar-refractivity contribution in [1.29, 1.82) is 0 Å². The minimum absolute atomic E-state index is 0.320. The van der Waals surface area contributed by atoms with Crippen molar-refractivity contribution in [2.24, 2.45) is 0 Å². The van der Waals surface area contributed by atoms with E-state index in [2.05, 4.69) is 25.5 Å². The monoisotopic (exact) mass is 317 g/mol. The molecule has 0 spiro atoms. The number of thiocarbonyl (C=S) groups is 1. The molecule has 0 saturated carbocycles. The highest BCUT2D eigenvalue weighted by Gasteiger charge is 2.15. The van der Waals surface area contributed by atoms with E-state index in [0.717, 1.165) is 31.9 Å². The number of nitrogens with one attached hydrogen (secondary N) is 2. The van der Waals surface area contributed by atoms with Gasteiger partial charge in [-0.2, -0.15) is 0 Å². The normalized spacial score (nSPS) is 14.7. The maximum Gasteiger partial charge on any atom is 0.173 e. The van der Waals surface area contributed by atoms with Gasteiger partial charge in [-0.15, -0.1) is 0 Å². The van der Waals surface area contributed by atoms with Crippen molar-refractivity contribution in [3.63, 3.8) is 0 Å². The summed E-state index contributed by atoms with van der Waals surface area (Å²) in [5.74, 6) is -0.320. The molecule has 2 aromatic rings. The van der Waals surface area contributed by atoms with Crippen LogP contribution in [0.5, 0.6) is 0 Å². The van der Waals surface area contributed by atoms with Crippen LogP contribution in [0.25, 0.3) is 11.3 Å². The van der Waals surface area contributed by atoms with Gasteiger partial charge >= 0.3 is 0 Å². The summed E-state index contributed by atoms with van der Waals surface area (Å²) in [7, 11) is 0. The van der Waals surface area contributed by atoms with E-state index in [-0.39, 0.29) is 5.82 Å². The van der Waals surface area contributed by atoms with E-state index in [1.54, 1.807) is 24.7 Å². The van der Waals surface area contributed by atoms with Crippen molar-refractivity contribution in [2.45, 2.75) is 0 Å². The van der Waals surface area contributed by atoms with Gasteiger partial charge in [0.05, 0.1) is 11.9 Å². The number of aromatic nitrogens is 2. The first kappa shape index (κ1) is 14.8. The van der Waals surface area contributed by atoms with E-state index >= 15 is 0 Å². The topological polar surface area (TPSA) is 53.1 Å². The Hall–Kier alpha value is -2.12. The van der Waals surface area contributed by atoms with E-state index < -0.39 is 0 Å². The zero-order valence-electron chi connectivity index (χ0n) is 11.9. The van der Waals surface area contributed by atoms with Gasteiger partial charge in [-0.25, -0.2) is 4.39 Å². The molecule has 0 bridgehead atoms. The predicted octanol–water partition coefficient (Wildman–Crippen LogP) is 1.88. The number of hydrogen-bond acceptors (Lipinski definition) is 4. The molecular weight excluding hydrogens is 301 g/mol. The fourth-order valence-electron chi connectivity index (χ4n) is 2.34. The number of benzene rings is 1. The zero-order chi connectivity index (χ0) is 15.4. The van der Waals surface area contributed by atoms with E-state index in [1.165, 1.54) is 12.1 Å². The molecule has 5 nitrogen and oxygen atoms in total. The summed E-state index contributed by atoms with van der Waals surface area (Å²) in [6.45, 7) is 3.52. The number of nitrogens with zero attached hydrogens (tertiary/aromatic N) is 3. The maximum atomic E-state index is 13.6. The third-order valence-electron chi connectivity index (χ3n) is 3.47. The summed E-state index contributed by atoms with van der Waals surface area (Å²) < 4.78 is 13.6. The summed E-state index contributed by atoms with van der Waals surface area (Å²) >= 11 is 5.46. The molecule has 1 aromatic heterocycles. The molecule has 0 unspecified atom stereocenters. The van der Waals surface area contributed by atoms with E-state index in [4.69, 9.17) is 12.2 Å². The Labute approximate surface area is 133 Å². The van der Waals surface area contributed by atoms with Crippen LogP contribution in [0.3, 0.4) is 0 Å². The molecule has 0 atom stereocenters. The zero-order valence-corrected chi connectivity index (χ0v) is 12.7. The van der Waals surface area contributed by atoms with Crippen LogP contribution in [0, 0.1) is 5.82 Å². The Balaban J connectivity index is 1.85. The van der Waals surface area contributed by atoms with E-state index in [0.29, 0.717) is 16.4 Å². The summed E-state index contributed by atoms with van der Waals surface area (Å²) in [5.41, 5.74) is 1.98. The quantitative estimate of drug-likeness (QED) is 0.825. The molecule has 0 radical (unpaired) electrons. The van der Waals surface area contributed by atoms with Crippen LogP contribution in [0.4, 0.5) is 10.1 Å². The number of piperazine rings is 1. The van der Waals surface area contributed by atoms with Crippen LogP contribution in [-0.2, 0) is 0 Å². The average molecular weight is 317 g/mol. The van der Waals surface area contributed by atoms with Gasteiger partial charge in [0.15, 0.2) is 5.11 Å². The molecule has 0 amide bonds. The summed E-state index contributed by atoms with van der Waals surface area (Å²) in [4.78, 5) is 10.4. The second-order valence-corrected chi connectivity index (χ2v) is 5.33. The van der Waals surface area contributed by atoms with Crippen LogP contribution in [0.2, 0.25) is 0 Å². The van der Waals surface area contributed by atoms with Gasteiger partial charge in [-0.3, -0.25) is 9.97 Å². The number of anilines is 1. The Morgan fingerprint density at radius 2 is 2.09 bits per heavy atom. The molecule has 1 aromatic carbocycles. The van der Waals surface area contributed by atoms with E-state index in [1.807, 2.05) is 0 Å². The highest BCUT2D eigenvalue weighted by atomic mass is 32.1. The van der Waals surface area contributed by atoms with Crippen LogP contribution >= 0.6 is 12.2 Å². The summed E-state index contributed by atoms with van der Waals surface area (Å²) in [6.07, 6.45) is 4.77. The standard InChI is InChI=1S/C15H16FN5S/c16-11-1-2-13(12(9-11)14-10-18-3-4-19-14)20-15(22)21-7-5-17-6-8-21/h1-4,9-10,17H,5-8H2,(H,20,22). The lowest BCUT2D eigenvalue weighted by Gasteiger charge is -2.30. The smallest absolute Gasteiger partial charge is 0.173 e. The Morgan fingerprint density at radius 1 is 1.27 bits per heavy atom. The van der Waals surface area contributed by atoms with Crippen molar-refractivity contribution in [1.82, 2.24) is 20.2 Å². The lowest BCUT2D eigenvalue weighted by Crippen LogP contribution is -2.47. The molecule has 1 aliphatic rings. The van der Waals surface area contributed by atoms with Gasteiger partial charge in [0.25, 0.3) is 0 Å². The SMILES string of the molecule is Fc1ccc(NC(=S)N2CCNCC2)c(-c2cnccn2)c1. The Morgan fingerprint density at radius 3 is 2.82 bits per heavy atom. The third kappa shape index (κ3) is 3.37. The molecule has 1 saturated heterocycles. The van der Waals surface area contributed by atoms with Crippen molar-refractivity contribution in [3.05, 3.63) is 42.6 Å². The summed E-state index contributed by atoms with van der Waals surface area (Å²) in [6, 6.07) is 4.52. The first-order chi connectivity index (χ1) is 10.7. The van der Waals surface area contributed by atoms with Crippen LogP contribution in [-0.4, -0.2) is 46.2 Å². The van der Waals surface area contributed by atoms with Crippen molar-refractivity contribution >= 4 is 23.0 Å². The molecule has 1 aliphatic heterocycles. The van der Waals surface area contributed by atoms with Gasteiger partial charge in [0, 0.05) is 49.8 Å². The van der Waals surface area contributed by atoms with Crippen molar-refractivity contribution in [2.75, 3.05) is 31.5 Å². The Bertz CT molecular complexity index is 658. The van der Waals surface area contributed by atoms with Gasteiger partial charge in [-0.1, -0.05) is 0 Å². The lowest BCUT2D eigenvalue weighted by molar-refractivity contribution is 0.362.